The van der Waals surface area contributed by atoms with Crippen LogP contribution in [-0.2, 0) is 10.4 Å². The van der Waals surface area contributed by atoms with Gasteiger partial charge in [0.2, 0.25) is 0 Å². The summed E-state index contributed by atoms with van der Waals surface area (Å²) in [7, 11) is 0. The second-order valence-electron chi connectivity index (χ2n) is 3.48. The van der Waals surface area contributed by atoms with Crippen molar-refractivity contribution in [3.63, 3.8) is 0 Å². The number of carboxylic acid groups (broad SMARTS) is 1. The van der Waals surface area contributed by atoms with Crippen LogP contribution in [0.3, 0.4) is 0 Å². The third-order valence-electron chi connectivity index (χ3n) is 2.20. The third kappa shape index (κ3) is 2.68. The summed E-state index contributed by atoms with van der Waals surface area (Å²) in [5.41, 5.74) is -4.23. The first-order valence-electron chi connectivity index (χ1n) is 4.47. The number of rotatable bonds is 3. The Labute approximate surface area is 93.9 Å². The van der Waals surface area contributed by atoms with Gasteiger partial charge in [-0.25, -0.2) is 0 Å². The highest BCUT2D eigenvalue weighted by atomic mass is 19.4. The Morgan fingerprint density at radius 3 is 2.29 bits per heavy atom. The molecule has 1 unspecified atom stereocenters. The summed E-state index contributed by atoms with van der Waals surface area (Å²) in [6.07, 6.45) is -6.68. The van der Waals surface area contributed by atoms with Crippen molar-refractivity contribution in [3.8, 4) is 5.75 Å². The summed E-state index contributed by atoms with van der Waals surface area (Å²) in [6.45, 7) is 0. The molecule has 1 aromatic carbocycles. The Balaban J connectivity index is 3.29. The molecular weight excluding hydrogens is 241 g/mol. The topological polar surface area (TPSA) is 77.8 Å². The molecule has 17 heavy (non-hydrogen) atoms. The molecule has 0 aliphatic heterocycles. The summed E-state index contributed by atoms with van der Waals surface area (Å²) in [5.74, 6) is -2.29. The summed E-state index contributed by atoms with van der Waals surface area (Å²) in [4.78, 5) is 10.4. The second-order valence-corrected chi connectivity index (χ2v) is 3.48. The van der Waals surface area contributed by atoms with Gasteiger partial charge >= 0.3 is 12.1 Å². The fraction of sp³-hybridized carbons (Fsp3) is 0.300. The average Bonchev–Trinajstić information content (AvgIpc) is 2.14. The van der Waals surface area contributed by atoms with Crippen LogP contribution in [0.4, 0.5) is 13.2 Å². The fourth-order valence-electron chi connectivity index (χ4n) is 1.35. The molecule has 0 aromatic heterocycles. The third-order valence-corrected chi connectivity index (χ3v) is 2.20. The van der Waals surface area contributed by atoms with E-state index in [2.05, 4.69) is 0 Å². The van der Waals surface area contributed by atoms with Crippen LogP contribution in [0, 0.1) is 0 Å². The molecule has 0 saturated heterocycles. The van der Waals surface area contributed by atoms with Gasteiger partial charge in [0.1, 0.15) is 5.75 Å². The molecule has 0 amide bonds. The van der Waals surface area contributed by atoms with E-state index in [1.807, 2.05) is 0 Å². The van der Waals surface area contributed by atoms with Crippen molar-refractivity contribution in [2.45, 2.75) is 18.2 Å². The zero-order valence-electron chi connectivity index (χ0n) is 8.40. The number of hydrogen-bond donors (Lipinski definition) is 3. The van der Waals surface area contributed by atoms with Crippen molar-refractivity contribution in [3.05, 3.63) is 29.8 Å². The van der Waals surface area contributed by atoms with Crippen LogP contribution in [0.25, 0.3) is 0 Å². The molecule has 0 radical (unpaired) electrons. The summed E-state index contributed by atoms with van der Waals surface area (Å²) in [6, 6.07) is 3.77. The van der Waals surface area contributed by atoms with Crippen LogP contribution in [-0.4, -0.2) is 27.5 Å². The van der Waals surface area contributed by atoms with Crippen molar-refractivity contribution < 1.29 is 33.3 Å². The summed E-state index contributed by atoms with van der Waals surface area (Å²) < 4.78 is 38.1. The lowest BCUT2D eigenvalue weighted by molar-refractivity contribution is -0.269. The van der Waals surface area contributed by atoms with Gasteiger partial charge in [-0.1, -0.05) is 12.1 Å². The minimum absolute atomic E-state index is 0.490. The number of benzene rings is 1. The lowest BCUT2D eigenvalue weighted by Gasteiger charge is -2.29. The number of carboxylic acids is 1. The minimum Gasteiger partial charge on any atom is -0.508 e. The highest BCUT2D eigenvalue weighted by Gasteiger charge is 2.56. The monoisotopic (exact) mass is 250 g/mol. The number of aliphatic hydroxyl groups is 1. The Morgan fingerprint density at radius 2 is 1.88 bits per heavy atom. The second kappa shape index (κ2) is 4.25. The fourth-order valence-corrected chi connectivity index (χ4v) is 1.35. The summed E-state index contributed by atoms with van der Waals surface area (Å²) >= 11 is 0. The number of alkyl halides is 3. The molecule has 1 aromatic rings. The van der Waals surface area contributed by atoms with Gasteiger partial charge < -0.3 is 15.3 Å². The Hall–Kier alpha value is -1.76. The lowest BCUT2D eigenvalue weighted by atomic mass is 9.89. The highest BCUT2D eigenvalue weighted by molar-refractivity contribution is 5.69. The van der Waals surface area contributed by atoms with Gasteiger partial charge in [-0.3, -0.25) is 4.79 Å². The first-order chi connectivity index (χ1) is 7.67. The van der Waals surface area contributed by atoms with Crippen LogP contribution in [0.15, 0.2) is 24.3 Å². The van der Waals surface area contributed by atoms with Crippen molar-refractivity contribution in [1.29, 1.82) is 0 Å². The number of phenols is 1. The number of aromatic hydroxyl groups is 1. The quantitative estimate of drug-likeness (QED) is 0.761. The molecule has 1 atom stereocenters. The molecule has 0 saturated carbocycles. The molecule has 0 fully saturated rings. The molecule has 0 aliphatic carbocycles. The van der Waals surface area contributed by atoms with E-state index in [9.17, 15) is 23.1 Å². The molecule has 3 N–H and O–H groups in total. The Bertz CT molecular complexity index is 430. The molecule has 4 nitrogen and oxygen atoms in total. The molecule has 0 heterocycles. The van der Waals surface area contributed by atoms with Gasteiger partial charge in [-0.2, -0.15) is 13.2 Å². The number of halogens is 3. The van der Waals surface area contributed by atoms with E-state index in [0.717, 1.165) is 18.2 Å². The van der Waals surface area contributed by atoms with Crippen molar-refractivity contribution in [2.75, 3.05) is 0 Å². The van der Waals surface area contributed by atoms with Gasteiger partial charge in [0.25, 0.3) is 0 Å². The molecule has 94 valence electrons. The van der Waals surface area contributed by atoms with E-state index in [0.29, 0.717) is 6.07 Å². The largest absolute Gasteiger partial charge is 0.508 e. The van der Waals surface area contributed by atoms with E-state index < -0.39 is 35.5 Å². The number of aliphatic carboxylic acids is 1. The molecule has 0 spiro atoms. The molecule has 1 rings (SSSR count). The zero-order valence-corrected chi connectivity index (χ0v) is 8.40. The first-order valence-corrected chi connectivity index (χ1v) is 4.47. The van der Waals surface area contributed by atoms with Crippen LogP contribution >= 0.6 is 0 Å². The normalized spacial score (nSPS) is 15.3. The molecular formula is C10H9F3O4. The number of carbonyl (C=O) groups is 1. The van der Waals surface area contributed by atoms with E-state index in [-0.39, 0.29) is 0 Å². The molecule has 0 bridgehead atoms. The minimum atomic E-state index is -5.15. The zero-order chi connectivity index (χ0) is 13.3. The SMILES string of the molecule is O=C(O)CC(O)(c1cccc(O)c1)C(F)(F)F. The number of phenolic OH excluding ortho intramolecular Hbond substituents is 1. The van der Waals surface area contributed by atoms with E-state index in [1.54, 1.807) is 0 Å². The lowest BCUT2D eigenvalue weighted by Crippen LogP contribution is -2.44. The van der Waals surface area contributed by atoms with E-state index >= 15 is 0 Å². The van der Waals surface area contributed by atoms with Gasteiger partial charge in [0.15, 0.2) is 5.60 Å². The van der Waals surface area contributed by atoms with E-state index in [4.69, 9.17) is 10.2 Å². The smallest absolute Gasteiger partial charge is 0.422 e. The predicted molar refractivity (Wildman–Crippen MR) is 50.3 cm³/mol. The van der Waals surface area contributed by atoms with Gasteiger partial charge in [-0.15, -0.1) is 0 Å². The first kappa shape index (κ1) is 13.3. The average molecular weight is 250 g/mol. The predicted octanol–water partition coefficient (Wildman–Crippen LogP) is 1.62. The van der Waals surface area contributed by atoms with Crippen LogP contribution in [0.5, 0.6) is 5.75 Å². The van der Waals surface area contributed by atoms with Crippen LogP contribution in [0.1, 0.15) is 12.0 Å². The maximum atomic E-state index is 12.7. The van der Waals surface area contributed by atoms with Gasteiger partial charge in [-0.05, 0) is 17.7 Å². The van der Waals surface area contributed by atoms with Crippen LogP contribution < -0.4 is 0 Å². The van der Waals surface area contributed by atoms with Crippen molar-refractivity contribution in [2.24, 2.45) is 0 Å². The van der Waals surface area contributed by atoms with Crippen molar-refractivity contribution in [1.82, 2.24) is 0 Å². The number of hydrogen-bond acceptors (Lipinski definition) is 3. The maximum absolute atomic E-state index is 12.7. The Kier molecular flexibility index (Phi) is 3.33. The van der Waals surface area contributed by atoms with Gasteiger partial charge in [0.05, 0.1) is 6.42 Å². The molecule has 0 aliphatic rings. The van der Waals surface area contributed by atoms with Crippen molar-refractivity contribution >= 4 is 5.97 Å². The van der Waals surface area contributed by atoms with E-state index in [1.165, 1.54) is 0 Å². The summed E-state index contributed by atoms with van der Waals surface area (Å²) in [5, 5.41) is 27.0. The maximum Gasteiger partial charge on any atom is 0.422 e. The van der Waals surface area contributed by atoms with Gasteiger partial charge in [0, 0.05) is 0 Å². The standard InChI is InChI=1S/C10H9F3O4/c11-10(12,13)9(17,5-8(15)16)6-2-1-3-7(14)4-6/h1-4,14,17H,5H2,(H,15,16). The molecule has 7 heteroatoms. The Morgan fingerprint density at radius 1 is 1.29 bits per heavy atom. The highest BCUT2D eigenvalue weighted by Crippen LogP contribution is 2.42. The van der Waals surface area contributed by atoms with Crippen LogP contribution in [0.2, 0.25) is 0 Å².